The van der Waals surface area contributed by atoms with Gasteiger partial charge in [0, 0.05) is 23.5 Å². The first-order valence-corrected chi connectivity index (χ1v) is 6.95. The number of aryl methyl sites for hydroxylation is 1. The highest BCUT2D eigenvalue weighted by Crippen LogP contribution is 2.17. The quantitative estimate of drug-likeness (QED) is 0.795. The smallest absolute Gasteiger partial charge is 0.160 e. The first kappa shape index (κ1) is 12.9. The van der Waals surface area contributed by atoms with Crippen LogP contribution >= 0.6 is 11.6 Å². The molecule has 0 spiro atoms. The van der Waals surface area contributed by atoms with Crippen LogP contribution in [0.3, 0.4) is 0 Å². The van der Waals surface area contributed by atoms with Gasteiger partial charge >= 0.3 is 0 Å². The molecule has 0 unspecified atom stereocenters. The third-order valence-electron chi connectivity index (χ3n) is 3.17. The molecule has 20 heavy (non-hydrogen) atoms. The fourth-order valence-corrected chi connectivity index (χ4v) is 2.44. The van der Waals surface area contributed by atoms with Gasteiger partial charge in [0.2, 0.25) is 0 Å². The summed E-state index contributed by atoms with van der Waals surface area (Å²) in [6, 6.07) is 11.6. The first-order chi connectivity index (χ1) is 9.78. The second-order valence-electron chi connectivity index (χ2n) is 4.48. The predicted molar refractivity (Wildman–Crippen MR) is 82.0 cm³/mol. The molecule has 5 heteroatoms. The van der Waals surface area contributed by atoms with E-state index in [1.807, 2.05) is 36.4 Å². The highest BCUT2D eigenvalue weighted by Gasteiger charge is 2.09. The Bertz CT molecular complexity index is 736. The van der Waals surface area contributed by atoms with Gasteiger partial charge in [-0.15, -0.1) is 0 Å². The van der Waals surface area contributed by atoms with Gasteiger partial charge in [-0.2, -0.15) is 0 Å². The molecule has 1 N–H and O–H groups in total. The Balaban J connectivity index is 1.87. The minimum absolute atomic E-state index is 0.643. The summed E-state index contributed by atoms with van der Waals surface area (Å²) in [6.45, 7) is 3.59. The van der Waals surface area contributed by atoms with E-state index in [2.05, 4.69) is 26.8 Å². The number of pyridine rings is 1. The van der Waals surface area contributed by atoms with Crippen molar-refractivity contribution in [2.45, 2.75) is 20.0 Å². The maximum Gasteiger partial charge on any atom is 0.160 e. The minimum atomic E-state index is 0.643. The minimum Gasteiger partial charge on any atom is -0.378 e. The predicted octanol–water partition coefficient (Wildman–Crippen LogP) is 3.72. The van der Waals surface area contributed by atoms with Crippen LogP contribution in [-0.2, 0) is 13.1 Å². The van der Waals surface area contributed by atoms with Crippen LogP contribution in [0.2, 0.25) is 5.02 Å². The lowest BCUT2D eigenvalue weighted by Gasteiger charge is -2.08. The average Bonchev–Trinajstić information content (AvgIpc) is 2.82. The number of aromatic nitrogens is 3. The summed E-state index contributed by atoms with van der Waals surface area (Å²) in [5.74, 6) is 0.973. The molecule has 0 aliphatic heterocycles. The lowest BCUT2D eigenvalue weighted by atomic mass is 10.3. The molecule has 2 aromatic heterocycles. The molecule has 0 amide bonds. The van der Waals surface area contributed by atoms with Gasteiger partial charge in [-0.05, 0) is 37.3 Å². The molecule has 1 aromatic carbocycles. The SMILES string of the molecule is CCn1c(CNc2cccc(Cl)c2)nc2cccnc21. The Kier molecular flexibility index (Phi) is 3.56. The van der Waals surface area contributed by atoms with Gasteiger partial charge in [0.05, 0.1) is 6.54 Å². The van der Waals surface area contributed by atoms with Crippen LogP contribution in [0.1, 0.15) is 12.7 Å². The van der Waals surface area contributed by atoms with Crippen LogP contribution in [0, 0.1) is 0 Å². The Morgan fingerprint density at radius 3 is 2.95 bits per heavy atom. The summed E-state index contributed by atoms with van der Waals surface area (Å²) in [5, 5.41) is 4.06. The van der Waals surface area contributed by atoms with E-state index in [1.165, 1.54) is 0 Å². The van der Waals surface area contributed by atoms with E-state index in [1.54, 1.807) is 6.20 Å². The summed E-state index contributed by atoms with van der Waals surface area (Å²) >= 11 is 5.98. The van der Waals surface area contributed by atoms with Crippen molar-refractivity contribution in [3.8, 4) is 0 Å². The van der Waals surface area contributed by atoms with Crippen molar-refractivity contribution in [2.75, 3.05) is 5.32 Å². The summed E-state index contributed by atoms with van der Waals surface area (Å²) in [7, 11) is 0. The monoisotopic (exact) mass is 286 g/mol. The molecule has 0 saturated heterocycles. The number of hydrogen-bond donors (Lipinski definition) is 1. The van der Waals surface area contributed by atoms with Crippen molar-refractivity contribution in [1.29, 1.82) is 0 Å². The molecular formula is C15H15ClN4. The zero-order chi connectivity index (χ0) is 13.9. The van der Waals surface area contributed by atoms with Gasteiger partial charge in [-0.1, -0.05) is 17.7 Å². The maximum absolute atomic E-state index is 5.98. The molecule has 3 rings (SSSR count). The Labute approximate surface area is 122 Å². The second kappa shape index (κ2) is 5.51. The van der Waals surface area contributed by atoms with Crippen LogP contribution in [0.25, 0.3) is 11.2 Å². The van der Waals surface area contributed by atoms with E-state index in [9.17, 15) is 0 Å². The fraction of sp³-hybridized carbons (Fsp3) is 0.200. The zero-order valence-electron chi connectivity index (χ0n) is 11.2. The van der Waals surface area contributed by atoms with E-state index in [0.717, 1.165) is 34.2 Å². The third kappa shape index (κ3) is 2.47. The van der Waals surface area contributed by atoms with Crippen LogP contribution in [0.5, 0.6) is 0 Å². The van der Waals surface area contributed by atoms with E-state index in [0.29, 0.717) is 6.54 Å². The largest absolute Gasteiger partial charge is 0.378 e. The van der Waals surface area contributed by atoms with Crippen molar-refractivity contribution in [3.05, 3.63) is 53.4 Å². The highest BCUT2D eigenvalue weighted by molar-refractivity contribution is 6.30. The van der Waals surface area contributed by atoms with E-state index < -0.39 is 0 Å². The number of anilines is 1. The van der Waals surface area contributed by atoms with E-state index >= 15 is 0 Å². The van der Waals surface area contributed by atoms with Crippen LogP contribution in [0.15, 0.2) is 42.6 Å². The Hall–Kier alpha value is -2.07. The van der Waals surface area contributed by atoms with Crippen LogP contribution in [-0.4, -0.2) is 14.5 Å². The fourth-order valence-electron chi connectivity index (χ4n) is 2.25. The van der Waals surface area contributed by atoms with Crippen LogP contribution in [0.4, 0.5) is 5.69 Å². The Morgan fingerprint density at radius 2 is 2.15 bits per heavy atom. The molecule has 0 aliphatic carbocycles. The lowest BCUT2D eigenvalue weighted by molar-refractivity contribution is 0.722. The normalized spacial score (nSPS) is 10.9. The molecule has 0 fully saturated rings. The van der Waals surface area contributed by atoms with Gasteiger partial charge in [0.25, 0.3) is 0 Å². The molecule has 0 saturated carbocycles. The number of hydrogen-bond acceptors (Lipinski definition) is 3. The molecular weight excluding hydrogens is 272 g/mol. The van der Waals surface area contributed by atoms with Gasteiger partial charge in [-0.3, -0.25) is 0 Å². The number of rotatable bonds is 4. The van der Waals surface area contributed by atoms with Crippen molar-refractivity contribution in [1.82, 2.24) is 14.5 Å². The second-order valence-corrected chi connectivity index (χ2v) is 4.92. The van der Waals surface area contributed by atoms with Crippen molar-refractivity contribution in [2.24, 2.45) is 0 Å². The number of fused-ring (bicyclic) bond motifs is 1. The van der Waals surface area contributed by atoms with Gasteiger partial charge in [0.1, 0.15) is 11.3 Å². The topological polar surface area (TPSA) is 42.7 Å². The lowest BCUT2D eigenvalue weighted by Crippen LogP contribution is -2.08. The first-order valence-electron chi connectivity index (χ1n) is 6.57. The molecule has 102 valence electrons. The van der Waals surface area contributed by atoms with Crippen LogP contribution < -0.4 is 5.32 Å². The summed E-state index contributed by atoms with van der Waals surface area (Å²) in [6.07, 6.45) is 1.80. The number of halogens is 1. The third-order valence-corrected chi connectivity index (χ3v) is 3.41. The molecule has 0 bridgehead atoms. The number of imidazole rings is 1. The molecule has 0 radical (unpaired) electrons. The number of benzene rings is 1. The molecule has 2 heterocycles. The zero-order valence-corrected chi connectivity index (χ0v) is 11.9. The van der Waals surface area contributed by atoms with Crippen molar-refractivity contribution >= 4 is 28.5 Å². The Morgan fingerprint density at radius 1 is 1.25 bits per heavy atom. The summed E-state index contributed by atoms with van der Waals surface area (Å²) in [4.78, 5) is 9.02. The van der Waals surface area contributed by atoms with Crippen molar-refractivity contribution < 1.29 is 0 Å². The van der Waals surface area contributed by atoms with Gasteiger partial charge in [-0.25, -0.2) is 9.97 Å². The average molecular weight is 287 g/mol. The van der Waals surface area contributed by atoms with Gasteiger partial charge < -0.3 is 9.88 Å². The van der Waals surface area contributed by atoms with E-state index in [4.69, 9.17) is 11.6 Å². The van der Waals surface area contributed by atoms with Gasteiger partial charge in [0.15, 0.2) is 5.65 Å². The molecule has 3 aromatic rings. The molecule has 4 nitrogen and oxygen atoms in total. The highest BCUT2D eigenvalue weighted by atomic mass is 35.5. The maximum atomic E-state index is 5.98. The number of nitrogens with one attached hydrogen (secondary N) is 1. The standard InChI is InChI=1S/C15H15ClN4/c1-2-20-14(19-13-7-4-8-17-15(13)20)10-18-12-6-3-5-11(16)9-12/h3-9,18H,2,10H2,1H3. The van der Waals surface area contributed by atoms with E-state index in [-0.39, 0.29) is 0 Å². The molecule has 0 atom stereocenters. The van der Waals surface area contributed by atoms with Crippen molar-refractivity contribution in [3.63, 3.8) is 0 Å². The molecule has 0 aliphatic rings. The summed E-state index contributed by atoms with van der Waals surface area (Å²) < 4.78 is 2.12. The summed E-state index contributed by atoms with van der Waals surface area (Å²) in [5.41, 5.74) is 2.84. The number of nitrogens with zero attached hydrogens (tertiary/aromatic N) is 3.